The highest BCUT2D eigenvalue weighted by molar-refractivity contribution is 7.92. The maximum absolute atomic E-state index is 12.1. The van der Waals surface area contributed by atoms with Gasteiger partial charge in [0.2, 0.25) is 10.0 Å². The van der Waals surface area contributed by atoms with Crippen molar-refractivity contribution in [1.82, 2.24) is 10.2 Å². The summed E-state index contributed by atoms with van der Waals surface area (Å²) in [5.74, 6) is -0.109. The third-order valence-corrected chi connectivity index (χ3v) is 5.86. The van der Waals surface area contributed by atoms with Gasteiger partial charge in [0.25, 0.3) is 5.91 Å². The predicted molar refractivity (Wildman–Crippen MR) is 92.7 cm³/mol. The van der Waals surface area contributed by atoms with Gasteiger partial charge < -0.3 is 10.2 Å². The van der Waals surface area contributed by atoms with Crippen molar-refractivity contribution in [3.63, 3.8) is 0 Å². The van der Waals surface area contributed by atoms with Crippen molar-refractivity contribution in [1.29, 1.82) is 0 Å². The number of sulfonamides is 1. The number of hydrogen-bond acceptors (Lipinski definition) is 4. The molecule has 1 N–H and O–H groups in total. The molecular weight excluding hydrogens is 338 g/mol. The van der Waals surface area contributed by atoms with Gasteiger partial charge in [0, 0.05) is 19.6 Å². The lowest BCUT2D eigenvalue weighted by molar-refractivity contribution is 0.0951. The van der Waals surface area contributed by atoms with E-state index in [-0.39, 0.29) is 16.7 Å². The number of halogens is 1. The van der Waals surface area contributed by atoms with Gasteiger partial charge in [-0.15, -0.1) is 0 Å². The molecule has 0 atom stereocenters. The van der Waals surface area contributed by atoms with Gasteiger partial charge in [-0.3, -0.25) is 9.10 Å². The highest BCUT2D eigenvalue weighted by Crippen LogP contribution is 2.28. The minimum atomic E-state index is -3.28. The molecule has 6 nitrogen and oxygen atoms in total. The average molecular weight is 360 g/mol. The lowest BCUT2D eigenvalue weighted by Gasteiger charge is -2.28. The van der Waals surface area contributed by atoms with Gasteiger partial charge >= 0.3 is 0 Å². The Morgan fingerprint density at radius 3 is 2.70 bits per heavy atom. The fraction of sp³-hybridized carbons (Fsp3) is 0.533. The van der Waals surface area contributed by atoms with Crippen LogP contribution in [0.2, 0.25) is 5.02 Å². The molecule has 128 valence electrons. The van der Waals surface area contributed by atoms with E-state index in [0.29, 0.717) is 30.8 Å². The quantitative estimate of drug-likeness (QED) is 0.866. The summed E-state index contributed by atoms with van der Waals surface area (Å²) in [6, 6.07) is 4.76. The van der Waals surface area contributed by atoms with Crippen LogP contribution in [0, 0.1) is 0 Å². The Morgan fingerprint density at radius 2 is 2.09 bits per heavy atom. The summed E-state index contributed by atoms with van der Waals surface area (Å²) in [6.45, 7) is 1.70. The van der Waals surface area contributed by atoms with Crippen molar-refractivity contribution >= 4 is 33.2 Å². The summed E-state index contributed by atoms with van der Waals surface area (Å²) < 4.78 is 25.6. The Labute approximate surface area is 142 Å². The molecule has 2 rings (SSSR count). The summed E-state index contributed by atoms with van der Waals surface area (Å²) in [5.41, 5.74) is 0.864. The van der Waals surface area contributed by atoms with Crippen LogP contribution in [0.15, 0.2) is 18.2 Å². The molecule has 0 saturated carbocycles. The number of carbonyl (C=O) groups is 1. The van der Waals surface area contributed by atoms with Gasteiger partial charge in [-0.25, -0.2) is 8.42 Å². The van der Waals surface area contributed by atoms with Gasteiger partial charge in [0.1, 0.15) is 0 Å². The SMILES string of the molecule is CN(C)CCNC(=O)c1ccc(N2CCCCS2(=O)=O)cc1Cl. The molecule has 0 radical (unpaired) electrons. The molecule has 1 heterocycles. The van der Waals surface area contributed by atoms with Crippen molar-refractivity contribution in [2.24, 2.45) is 0 Å². The van der Waals surface area contributed by atoms with Gasteiger partial charge in [0.15, 0.2) is 0 Å². The van der Waals surface area contributed by atoms with Crippen molar-refractivity contribution in [3.8, 4) is 0 Å². The molecule has 1 aromatic carbocycles. The zero-order chi connectivity index (χ0) is 17.0. The zero-order valence-corrected chi connectivity index (χ0v) is 15.0. The van der Waals surface area contributed by atoms with Crippen LogP contribution in [0.5, 0.6) is 0 Å². The molecule has 1 fully saturated rings. The lowest BCUT2D eigenvalue weighted by Crippen LogP contribution is -2.38. The molecule has 8 heteroatoms. The minimum absolute atomic E-state index is 0.150. The van der Waals surface area contributed by atoms with Gasteiger partial charge in [-0.1, -0.05) is 11.6 Å². The Kier molecular flexibility index (Phi) is 5.89. The average Bonchev–Trinajstić information content (AvgIpc) is 2.46. The maximum Gasteiger partial charge on any atom is 0.252 e. The molecule has 0 bridgehead atoms. The number of carbonyl (C=O) groups excluding carboxylic acids is 1. The first-order valence-electron chi connectivity index (χ1n) is 7.54. The summed E-state index contributed by atoms with van der Waals surface area (Å²) in [4.78, 5) is 14.1. The fourth-order valence-electron chi connectivity index (χ4n) is 2.41. The molecule has 1 saturated heterocycles. The number of amides is 1. The van der Waals surface area contributed by atoms with Crippen molar-refractivity contribution in [3.05, 3.63) is 28.8 Å². The molecule has 0 unspecified atom stereocenters. The third kappa shape index (κ3) is 4.59. The first kappa shape index (κ1) is 18.0. The molecule has 1 amide bonds. The number of likely N-dealkylation sites (N-methyl/N-ethyl adjacent to an activating group) is 1. The van der Waals surface area contributed by atoms with E-state index in [0.717, 1.165) is 13.0 Å². The van der Waals surface area contributed by atoms with E-state index in [1.807, 2.05) is 19.0 Å². The first-order valence-corrected chi connectivity index (χ1v) is 9.53. The van der Waals surface area contributed by atoms with E-state index >= 15 is 0 Å². The largest absolute Gasteiger partial charge is 0.351 e. The third-order valence-electron chi connectivity index (χ3n) is 3.68. The highest BCUT2D eigenvalue weighted by Gasteiger charge is 2.26. The normalized spacial score (nSPS) is 17.3. The Bertz CT molecular complexity index is 677. The summed E-state index contributed by atoms with van der Waals surface area (Å²) in [7, 11) is 0.566. The van der Waals surface area contributed by atoms with Gasteiger partial charge in [-0.2, -0.15) is 0 Å². The number of nitrogens with one attached hydrogen (secondary N) is 1. The second-order valence-corrected chi connectivity index (χ2v) is 8.24. The Hall–Kier alpha value is -1.31. The summed E-state index contributed by atoms with van der Waals surface area (Å²) in [5, 5.41) is 3.04. The van der Waals surface area contributed by atoms with Crippen LogP contribution in [0.1, 0.15) is 23.2 Å². The fourth-order valence-corrected chi connectivity index (χ4v) is 4.30. The van der Waals surface area contributed by atoms with Crippen LogP contribution in [-0.4, -0.2) is 58.7 Å². The van der Waals surface area contributed by atoms with E-state index < -0.39 is 10.0 Å². The van der Waals surface area contributed by atoms with Crippen molar-refractivity contribution < 1.29 is 13.2 Å². The summed E-state index contributed by atoms with van der Waals surface area (Å²) >= 11 is 6.19. The molecule has 1 aliphatic rings. The number of anilines is 1. The van der Waals surface area contributed by atoms with E-state index in [2.05, 4.69) is 5.32 Å². The first-order chi connectivity index (χ1) is 10.8. The minimum Gasteiger partial charge on any atom is -0.351 e. The van der Waals surface area contributed by atoms with Gasteiger partial charge in [0.05, 0.1) is 22.0 Å². The second-order valence-electron chi connectivity index (χ2n) is 5.82. The molecule has 1 aliphatic heterocycles. The van der Waals surface area contributed by atoms with Crippen LogP contribution in [0.3, 0.4) is 0 Å². The number of hydrogen-bond donors (Lipinski definition) is 1. The smallest absolute Gasteiger partial charge is 0.252 e. The second kappa shape index (κ2) is 7.51. The summed E-state index contributed by atoms with van der Waals surface area (Å²) in [6.07, 6.45) is 1.50. The topological polar surface area (TPSA) is 69.7 Å². The van der Waals surface area contributed by atoms with E-state index in [1.54, 1.807) is 18.2 Å². The predicted octanol–water partition coefficient (Wildman–Crippen LogP) is 1.56. The van der Waals surface area contributed by atoms with Crippen LogP contribution in [0.4, 0.5) is 5.69 Å². The maximum atomic E-state index is 12.1. The van der Waals surface area contributed by atoms with Crippen molar-refractivity contribution in [2.45, 2.75) is 12.8 Å². The van der Waals surface area contributed by atoms with E-state index in [1.165, 1.54) is 4.31 Å². The van der Waals surface area contributed by atoms with E-state index in [9.17, 15) is 13.2 Å². The van der Waals surface area contributed by atoms with Crippen LogP contribution in [-0.2, 0) is 10.0 Å². The Balaban J connectivity index is 2.13. The monoisotopic (exact) mass is 359 g/mol. The molecule has 1 aromatic rings. The zero-order valence-electron chi connectivity index (χ0n) is 13.4. The van der Waals surface area contributed by atoms with Crippen LogP contribution < -0.4 is 9.62 Å². The molecular formula is C15H22ClN3O3S. The molecule has 0 aromatic heterocycles. The molecule has 23 heavy (non-hydrogen) atoms. The number of nitrogens with zero attached hydrogens (tertiary/aromatic N) is 2. The van der Waals surface area contributed by atoms with Crippen LogP contribution in [0.25, 0.3) is 0 Å². The number of benzene rings is 1. The molecule has 0 aliphatic carbocycles. The van der Waals surface area contributed by atoms with E-state index in [4.69, 9.17) is 11.6 Å². The Morgan fingerprint density at radius 1 is 1.35 bits per heavy atom. The molecule has 0 spiro atoms. The standard InChI is InChI=1S/C15H22ClN3O3S/c1-18(2)9-7-17-15(20)13-6-5-12(11-14(13)16)19-8-3-4-10-23(19,21)22/h5-6,11H,3-4,7-10H2,1-2H3,(H,17,20). The van der Waals surface area contributed by atoms with Crippen LogP contribution >= 0.6 is 11.6 Å². The van der Waals surface area contributed by atoms with Gasteiger partial charge in [-0.05, 0) is 45.1 Å². The van der Waals surface area contributed by atoms with Crippen molar-refractivity contribution in [2.75, 3.05) is 43.8 Å². The number of rotatable bonds is 5. The lowest BCUT2D eigenvalue weighted by atomic mass is 10.2. The highest BCUT2D eigenvalue weighted by atomic mass is 35.5.